The second-order valence-electron chi connectivity index (χ2n) is 4.94. The molecule has 0 spiro atoms. The highest BCUT2D eigenvalue weighted by molar-refractivity contribution is 9.10. The zero-order valence-electron chi connectivity index (χ0n) is 12.1. The molecule has 1 aliphatic rings. The van der Waals surface area contributed by atoms with Crippen molar-refractivity contribution in [1.82, 2.24) is 20.0 Å². The number of nitrogens with zero attached hydrogens (tertiary/aromatic N) is 3. The van der Waals surface area contributed by atoms with Gasteiger partial charge >= 0.3 is 5.97 Å². The van der Waals surface area contributed by atoms with Gasteiger partial charge in [-0.3, -0.25) is 19.2 Å². The van der Waals surface area contributed by atoms with E-state index in [-0.39, 0.29) is 19.0 Å². The molecule has 1 aromatic heterocycles. The van der Waals surface area contributed by atoms with Crippen molar-refractivity contribution in [3.8, 4) is 0 Å². The standard InChI is InChI=1S/C13H19BrN4O3/c1-3-8-12(14)10(18(4-2)16-8)6-17-7-11(19)15-5-9(17)13(20)21/h9H,3-7H2,1-2H3,(H,15,19)(H,20,21). The van der Waals surface area contributed by atoms with Crippen molar-refractivity contribution >= 4 is 27.8 Å². The zero-order chi connectivity index (χ0) is 15.6. The van der Waals surface area contributed by atoms with Crippen LogP contribution >= 0.6 is 15.9 Å². The zero-order valence-corrected chi connectivity index (χ0v) is 13.7. The van der Waals surface area contributed by atoms with Crippen molar-refractivity contribution in [2.75, 3.05) is 13.1 Å². The molecule has 1 unspecified atom stereocenters. The van der Waals surface area contributed by atoms with Gasteiger partial charge < -0.3 is 10.4 Å². The fourth-order valence-electron chi connectivity index (χ4n) is 2.46. The molecule has 116 valence electrons. The Hall–Kier alpha value is -1.41. The number of carboxylic acid groups (broad SMARTS) is 1. The number of rotatable bonds is 5. The van der Waals surface area contributed by atoms with Crippen LogP contribution in [0.15, 0.2) is 4.47 Å². The molecular formula is C13H19BrN4O3. The Morgan fingerprint density at radius 3 is 2.81 bits per heavy atom. The molecule has 2 rings (SSSR count). The molecule has 8 heteroatoms. The third-order valence-electron chi connectivity index (χ3n) is 3.61. The van der Waals surface area contributed by atoms with Crippen molar-refractivity contribution in [2.45, 2.75) is 39.4 Å². The van der Waals surface area contributed by atoms with E-state index in [2.05, 4.69) is 26.3 Å². The van der Waals surface area contributed by atoms with E-state index in [0.29, 0.717) is 13.1 Å². The van der Waals surface area contributed by atoms with E-state index in [4.69, 9.17) is 0 Å². The summed E-state index contributed by atoms with van der Waals surface area (Å²) >= 11 is 3.54. The fourth-order valence-corrected chi connectivity index (χ4v) is 3.15. The Labute approximate surface area is 131 Å². The second kappa shape index (κ2) is 6.57. The van der Waals surface area contributed by atoms with Crippen LogP contribution in [-0.4, -0.2) is 50.8 Å². The Bertz CT molecular complexity index is 558. The maximum absolute atomic E-state index is 11.6. The van der Waals surface area contributed by atoms with E-state index in [9.17, 15) is 14.7 Å². The topological polar surface area (TPSA) is 87.5 Å². The molecule has 0 aromatic carbocycles. The van der Waals surface area contributed by atoms with Crippen LogP contribution < -0.4 is 5.32 Å². The molecule has 1 aromatic rings. The summed E-state index contributed by atoms with van der Waals surface area (Å²) in [5.74, 6) is -1.08. The Morgan fingerprint density at radius 2 is 2.24 bits per heavy atom. The van der Waals surface area contributed by atoms with E-state index < -0.39 is 12.0 Å². The quantitative estimate of drug-likeness (QED) is 0.805. The van der Waals surface area contributed by atoms with Gasteiger partial charge in [0, 0.05) is 19.6 Å². The first-order valence-electron chi connectivity index (χ1n) is 6.95. The van der Waals surface area contributed by atoms with Gasteiger partial charge in [0.1, 0.15) is 6.04 Å². The number of carboxylic acids is 1. The predicted molar refractivity (Wildman–Crippen MR) is 79.8 cm³/mol. The number of hydrogen-bond acceptors (Lipinski definition) is 4. The normalized spacial score (nSPS) is 19.6. The number of carbonyl (C=O) groups is 2. The molecule has 1 aliphatic heterocycles. The van der Waals surface area contributed by atoms with Crippen LogP contribution in [0.5, 0.6) is 0 Å². The lowest BCUT2D eigenvalue weighted by molar-refractivity contribution is -0.146. The summed E-state index contributed by atoms with van der Waals surface area (Å²) in [4.78, 5) is 24.6. The average molecular weight is 359 g/mol. The third kappa shape index (κ3) is 3.26. The highest BCUT2D eigenvalue weighted by Crippen LogP contribution is 2.24. The Balaban J connectivity index is 2.28. The summed E-state index contributed by atoms with van der Waals surface area (Å²) in [6, 6.07) is -0.708. The highest BCUT2D eigenvalue weighted by Gasteiger charge is 2.33. The van der Waals surface area contributed by atoms with Crippen LogP contribution in [0.3, 0.4) is 0 Å². The maximum Gasteiger partial charge on any atom is 0.322 e. The van der Waals surface area contributed by atoms with Gasteiger partial charge in [0.15, 0.2) is 0 Å². The number of nitrogens with one attached hydrogen (secondary N) is 1. The molecule has 2 heterocycles. The van der Waals surface area contributed by atoms with Gasteiger partial charge in [-0.05, 0) is 29.3 Å². The maximum atomic E-state index is 11.6. The summed E-state index contributed by atoms with van der Waals surface area (Å²) < 4.78 is 2.76. The monoisotopic (exact) mass is 358 g/mol. The highest BCUT2D eigenvalue weighted by atomic mass is 79.9. The number of hydrogen-bond donors (Lipinski definition) is 2. The first-order chi connectivity index (χ1) is 9.97. The minimum Gasteiger partial charge on any atom is -0.480 e. The van der Waals surface area contributed by atoms with E-state index in [1.807, 2.05) is 18.5 Å². The molecule has 1 atom stereocenters. The van der Waals surface area contributed by atoms with E-state index >= 15 is 0 Å². The molecular weight excluding hydrogens is 340 g/mol. The van der Waals surface area contributed by atoms with Crippen LogP contribution in [0.4, 0.5) is 0 Å². The lowest BCUT2D eigenvalue weighted by atomic mass is 10.1. The predicted octanol–water partition coefficient (Wildman–Crippen LogP) is 0.613. The van der Waals surface area contributed by atoms with Crippen LogP contribution in [-0.2, 0) is 29.1 Å². The first kappa shape index (κ1) is 16.0. The third-order valence-corrected chi connectivity index (χ3v) is 4.53. The van der Waals surface area contributed by atoms with Gasteiger partial charge in [0.05, 0.1) is 22.4 Å². The molecule has 2 N–H and O–H groups in total. The van der Waals surface area contributed by atoms with E-state index in [1.54, 1.807) is 4.90 Å². The molecule has 0 aliphatic carbocycles. The summed E-state index contributed by atoms with van der Waals surface area (Å²) in [7, 11) is 0. The molecule has 1 amide bonds. The number of piperazine rings is 1. The number of aryl methyl sites for hydroxylation is 2. The van der Waals surface area contributed by atoms with Gasteiger partial charge in [0.2, 0.25) is 5.91 Å². The van der Waals surface area contributed by atoms with Crippen molar-refractivity contribution < 1.29 is 14.7 Å². The average Bonchev–Trinajstić information content (AvgIpc) is 2.75. The Morgan fingerprint density at radius 1 is 1.52 bits per heavy atom. The smallest absolute Gasteiger partial charge is 0.322 e. The number of aromatic nitrogens is 2. The SMILES string of the molecule is CCc1nn(CC)c(CN2CC(=O)NCC2C(=O)O)c1Br. The van der Waals surface area contributed by atoms with Gasteiger partial charge in [0.25, 0.3) is 0 Å². The molecule has 21 heavy (non-hydrogen) atoms. The molecule has 0 radical (unpaired) electrons. The summed E-state index contributed by atoms with van der Waals surface area (Å²) in [6.45, 7) is 5.30. The van der Waals surface area contributed by atoms with Crippen LogP contribution in [0.1, 0.15) is 25.2 Å². The lowest BCUT2D eigenvalue weighted by Crippen LogP contribution is -2.57. The second-order valence-corrected chi connectivity index (χ2v) is 5.73. The van der Waals surface area contributed by atoms with Gasteiger partial charge in [-0.15, -0.1) is 0 Å². The number of halogens is 1. The number of aliphatic carboxylic acids is 1. The largest absolute Gasteiger partial charge is 0.480 e. The molecule has 0 bridgehead atoms. The van der Waals surface area contributed by atoms with Crippen molar-refractivity contribution in [2.24, 2.45) is 0 Å². The summed E-state index contributed by atoms with van der Waals surface area (Å²) in [5, 5.41) is 16.4. The number of amides is 1. The number of carbonyl (C=O) groups excluding carboxylic acids is 1. The Kier molecular flexibility index (Phi) is 5.00. The van der Waals surface area contributed by atoms with Crippen molar-refractivity contribution in [1.29, 1.82) is 0 Å². The summed E-state index contributed by atoms with van der Waals surface area (Å²) in [5.41, 5.74) is 1.86. The molecule has 7 nitrogen and oxygen atoms in total. The van der Waals surface area contributed by atoms with Crippen LogP contribution in [0.2, 0.25) is 0 Å². The van der Waals surface area contributed by atoms with Crippen LogP contribution in [0, 0.1) is 0 Å². The molecule has 1 saturated heterocycles. The van der Waals surface area contributed by atoms with Crippen LogP contribution in [0.25, 0.3) is 0 Å². The summed E-state index contributed by atoms with van der Waals surface area (Å²) in [6.07, 6.45) is 0.795. The van der Waals surface area contributed by atoms with Gasteiger partial charge in [-0.1, -0.05) is 6.92 Å². The minimum absolute atomic E-state index is 0.0831. The van der Waals surface area contributed by atoms with Gasteiger partial charge in [-0.25, -0.2) is 0 Å². The first-order valence-corrected chi connectivity index (χ1v) is 7.74. The van der Waals surface area contributed by atoms with E-state index in [1.165, 1.54) is 0 Å². The minimum atomic E-state index is -0.926. The lowest BCUT2D eigenvalue weighted by Gasteiger charge is -2.32. The van der Waals surface area contributed by atoms with Crippen molar-refractivity contribution in [3.63, 3.8) is 0 Å². The molecule has 1 fully saturated rings. The van der Waals surface area contributed by atoms with E-state index in [0.717, 1.165) is 22.3 Å². The van der Waals surface area contributed by atoms with Crippen molar-refractivity contribution in [3.05, 3.63) is 15.9 Å². The van der Waals surface area contributed by atoms with Gasteiger partial charge in [-0.2, -0.15) is 5.10 Å². The fraction of sp³-hybridized carbons (Fsp3) is 0.615. The molecule has 0 saturated carbocycles.